The van der Waals surface area contributed by atoms with Gasteiger partial charge in [0.1, 0.15) is 17.3 Å². The Morgan fingerprint density at radius 3 is 2.53 bits per heavy atom. The molecule has 1 rings (SSSR count). The van der Waals surface area contributed by atoms with Gasteiger partial charge in [-0.15, -0.1) is 0 Å². The van der Waals surface area contributed by atoms with Crippen LogP contribution >= 0.6 is 11.6 Å². The van der Waals surface area contributed by atoms with Crippen LogP contribution in [0, 0.1) is 0 Å². The highest BCUT2D eigenvalue weighted by molar-refractivity contribution is 6.30. The van der Waals surface area contributed by atoms with Gasteiger partial charge >= 0.3 is 0 Å². The first-order chi connectivity index (χ1) is 7.00. The van der Waals surface area contributed by atoms with Gasteiger partial charge in [0.2, 0.25) is 0 Å². The van der Waals surface area contributed by atoms with Crippen LogP contribution in [0.4, 0.5) is 5.82 Å². The standard InChI is InChI=1S/C11H18ClN3/c1-5-8-9(12)13-7-14-10(8)15-11(3,4)6-2/h7H,5-6H2,1-4H3,(H,13,14,15). The van der Waals surface area contributed by atoms with Crippen LogP contribution in [-0.4, -0.2) is 15.5 Å². The summed E-state index contributed by atoms with van der Waals surface area (Å²) in [6, 6.07) is 0. The molecule has 0 spiro atoms. The van der Waals surface area contributed by atoms with Crippen molar-refractivity contribution >= 4 is 17.4 Å². The first-order valence-electron chi connectivity index (χ1n) is 5.27. The maximum Gasteiger partial charge on any atom is 0.137 e. The summed E-state index contributed by atoms with van der Waals surface area (Å²) in [6.45, 7) is 8.47. The van der Waals surface area contributed by atoms with Gasteiger partial charge in [-0.2, -0.15) is 0 Å². The van der Waals surface area contributed by atoms with E-state index in [2.05, 4.69) is 43.0 Å². The highest BCUT2D eigenvalue weighted by Crippen LogP contribution is 2.24. The number of halogens is 1. The van der Waals surface area contributed by atoms with E-state index in [4.69, 9.17) is 11.6 Å². The van der Waals surface area contributed by atoms with Crippen LogP contribution in [0.3, 0.4) is 0 Å². The van der Waals surface area contributed by atoms with Crippen molar-refractivity contribution in [1.29, 1.82) is 0 Å². The molecule has 1 aromatic rings. The number of anilines is 1. The third-order valence-corrected chi connectivity index (χ3v) is 2.91. The molecule has 0 aliphatic carbocycles. The maximum absolute atomic E-state index is 6.01. The molecule has 0 saturated heterocycles. The summed E-state index contributed by atoms with van der Waals surface area (Å²) in [7, 11) is 0. The summed E-state index contributed by atoms with van der Waals surface area (Å²) >= 11 is 6.01. The lowest BCUT2D eigenvalue weighted by Gasteiger charge is -2.26. The lowest BCUT2D eigenvalue weighted by molar-refractivity contribution is 0.544. The average molecular weight is 228 g/mol. The summed E-state index contributed by atoms with van der Waals surface area (Å²) in [6.07, 6.45) is 3.36. The van der Waals surface area contributed by atoms with E-state index in [0.717, 1.165) is 24.2 Å². The Labute approximate surface area is 96.3 Å². The van der Waals surface area contributed by atoms with Crippen molar-refractivity contribution in [3.8, 4) is 0 Å². The molecule has 1 heterocycles. The van der Waals surface area contributed by atoms with Gasteiger partial charge in [-0.3, -0.25) is 0 Å². The molecule has 0 fully saturated rings. The van der Waals surface area contributed by atoms with Crippen LogP contribution < -0.4 is 5.32 Å². The minimum atomic E-state index is 0.0294. The predicted octanol–water partition coefficient (Wildman–Crippen LogP) is 3.29. The zero-order chi connectivity index (χ0) is 11.5. The number of hydrogen-bond acceptors (Lipinski definition) is 3. The van der Waals surface area contributed by atoms with Gasteiger partial charge < -0.3 is 5.32 Å². The highest BCUT2D eigenvalue weighted by Gasteiger charge is 2.17. The fourth-order valence-electron chi connectivity index (χ4n) is 1.22. The Bertz CT molecular complexity index is 337. The van der Waals surface area contributed by atoms with Crippen LogP contribution in [0.5, 0.6) is 0 Å². The van der Waals surface area contributed by atoms with E-state index >= 15 is 0 Å². The lowest BCUT2D eigenvalue weighted by atomic mass is 10.0. The Morgan fingerprint density at radius 1 is 1.33 bits per heavy atom. The van der Waals surface area contributed by atoms with Crippen molar-refractivity contribution < 1.29 is 0 Å². The molecular weight excluding hydrogens is 210 g/mol. The van der Waals surface area contributed by atoms with E-state index in [-0.39, 0.29) is 5.54 Å². The molecule has 1 N–H and O–H groups in total. The number of rotatable bonds is 4. The molecule has 0 aromatic carbocycles. The van der Waals surface area contributed by atoms with E-state index < -0.39 is 0 Å². The second-order valence-electron chi connectivity index (χ2n) is 4.21. The normalized spacial score (nSPS) is 11.5. The predicted molar refractivity (Wildman–Crippen MR) is 64.4 cm³/mol. The van der Waals surface area contributed by atoms with Gasteiger partial charge in [-0.25, -0.2) is 9.97 Å². The van der Waals surface area contributed by atoms with E-state index in [0.29, 0.717) is 5.15 Å². The van der Waals surface area contributed by atoms with E-state index in [1.54, 1.807) is 0 Å². The molecule has 0 saturated carbocycles. The molecule has 0 atom stereocenters. The quantitative estimate of drug-likeness (QED) is 0.803. The molecular formula is C11H18ClN3. The van der Waals surface area contributed by atoms with Gasteiger partial charge in [-0.1, -0.05) is 25.4 Å². The van der Waals surface area contributed by atoms with Crippen LogP contribution in [0.25, 0.3) is 0 Å². The molecule has 0 radical (unpaired) electrons. The molecule has 15 heavy (non-hydrogen) atoms. The third-order valence-electron chi connectivity index (χ3n) is 2.59. The monoisotopic (exact) mass is 227 g/mol. The Balaban J connectivity index is 2.99. The van der Waals surface area contributed by atoms with Crippen LogP contribution in [0.1, 0.15) is 39.7 Å². The summed E-state index contributed by atoms with van der Waals surface area (Å²) in [5.74, 6) is 0.851. The first kappa shape index (κ1) is 12.2. The van der Waals surface area contributed by atoms with Gasteiger partial charge in [0.25, 0.3) is 0 Å². The van der Waals surface area contributed by atoms with Crippen molar-refractivity contribution in [2.24, 2.45) is 0 Å². The number of aromatic nitrogens is 2. The Morgan fingerprint density at radius 2 is 2.00 bits per heavy atom. The van der Waals surface area contributed by atoms with Crippen molar-refractivity contribution in [3.63, 3.8) is 0 Å². The molecule has 4 heteroatoms. The second-order valence-corrected chi connectivity index (χ2v) is 4.57. The summed E-state index contributed by atoms with van der Waals surface area (Å²) < 4.78 is 0. The lowest BCUT2D eigenvalue weighted by Crippen LogP contribution is -2.30. The van der Waals surface area contributed by atoms with Gasteiger partial charge in [0.05, 0.1) is 0 Å². The van der Waals surface area contributed by atoms with Crippen LogP contribution in [-0.2, 0) is 6.42 Å². The fraction of sp³-hybridized carbons (Fsp3) is 0.636. The van der Waals surface area contributed by atoms with E-state index in [1.807, 2.05) is 0 Å². The number of hydrogen-bond donors (Lipinski definition) is 1. The third kappa shape index (κ3) is 3.06. The minimum Gasteiger partial charge on any atom is -0.365 e. The highest BCUT2D eigenvalue weighted by atomic mass is 35.5. The van der Waals surface area contributed by atoms with Crippen molar-refractivity contribution in [2.75, 3.05) is 5.32 Å². The number of nitrogens with one attached hydrogen (secondary N) is 1. The number of nitrogens with zero attached hydrogens (tertiary/aromatic N) is 2. The molecule has 0 bridgehead atoms. The fourth-order valence-corrected chi connectivity index (χ4v) is 1.49. The molecule has 0 aliphatic rings. The van der Waals surface area contributed by atoms with Gasteiger partial charge in [0, 0.05) is 11.1 Å². The Kier molecular flexibility index (Phi) is 3.91. The SMILES string of the molecule is CCc1c(Cl)ncnc1NC(C)(C)CC. The summed E-state index contributed by atoms with van der Waals surface area (Å²) in [5, 5.41) is 3.94. The molecule has 84 valence electrons. The molecule has 0 amide bonds. The average Bonchev–Trinajstić information content (AvgIpc) is 2.18. The topological polar surface area (TPSA) is 37.8 Å². The minimum absolute atomic E-state index is 0.0294. The van der Waals surface area contributed by atoms with Crippen molar-refractivity contribution in [1.82, 2.24) is 9.97 Å². The second kappa shape index (κ2) is 4.79. The molecule has 3 nitrogen and oxygen atoms in total. The van der Waals surface area contributed by atoms with Crippen molar-refractivity contribution in [2.45, 2.75) is 46.1 Å². The van der Waals surface area contributed by atoms with Crippen LogP contribution in [0.2, 0.25) is 5.15 Å². The zero-order valence-electron chi connectivity index (χ0n) is 9.76. The smallest absolute Gasteiger partial charge is 0.137 e. The molecule has 0 aliphatic heterocycles. The summed E-state index contributed by atoms with van der Waals surface area (Å²) in [5.41, 5.74) is 1.02. The van der Waals surface area contributed by atoms with Crippen LogP contribution in [0.15, 0.2) is 6.33 Å². The Hall–Kier alpha value is -0.830. The van der Waals surface area contributed by atoms with Gasteiger partial charge in [-0.05, 0) is 26.7 Å². The zero-order valence-corrected chi connectivity index (χ0v) is 10.5. The van der Waals surface area contributed by atoms with Gasteiger partial charge in [0.15, 0.2) is 0 Å². The van der Waals surface area contributed by atoms with E-state index in [9.17, 15) is 0 Å². The first-order valence-corrected chi connectivity index (χ1v) is 5.65. The molecule has 0 unspecified atom stereocenters. The van der Waals surface area contributed by atoms with E-state index in [1.165, 1.54) is 6.33 Å². The van der Waals surface area contributed by atoms with Crippen molar-refractivity contribution in [3.05, 3.63) is 17.0 Å². The summed E-state index contributed by atoms with van der Waals surface area (Å²) in [4.78, 5) is 8.22. The maximum atomic E-state index is 6.01. The molecule has 1 aromatic heterocycles. The largest absolute Gasteiger partial charge is 0.365 e.